The number of aryl methyl sites for hydroxylation is 2. The van der Waals surface area contributed by atoms with Crippen LogP contribution in [0.1, 0.15) is 57.2 Å². The molecule has 116 valence electrons. The van der Waals surface area contributed by atoms with Gasteiger partial charge in [-0.3, -0.25) is 9.59 Å². The van der Waals surface area contributed by atoms with Crippen LogP contribution < -0.4 is 0 Å². The fraction of sp³-hybridized carbons (Fsp3) is 0.238. The molecule has 0 N–H and O–H groups in total. The van der Waals surface area contributed by atoms with Crippen LogP contribution >= 0.6 is 0 Å². The molecule has 0 unspecified atom stereocenters. The van der Waals surface area contributed by atoms with Gasteiger partial charge in [0.15, 0.2) is 11.6 Å². The largest absolute Gasteiger partial charge is 0.295 e. The van der Waals surface area contributed by atoms with E-state index in [9.17, 15) is 9.59 Å². The number of benzene rings is 2. The van der Waals surface area contributed by atoms with Gasteiger partial charge in [-0.05, 0) is 48.9 Å². The first-order chi connectivity index (χ1) is 11.1. The molecule has 2 aromatic carbocycles. The fourth-order valence-corrected chi connectivity index (χ4v) is 2.93. The van der Waals surface area contributed by atoms with Crippen molar-refractivity contribution in [2.45, 2.75) is 32.6 Å². The molecule has 0 spiro atoms. The maximum absolute atomic E-state index is 11.8. The molecule has 0 saturated carbocycles. The van der Waals surface area contributed by atoms with E-state index < -0.39 is 0 Å². The van der Waals surface area contributed by atoms with Crippen molar-refractivity contribution < 1.29 is 9.59 Å². The molecule has 0 fully saturated rings. The van der Waals surface area contributed by atoms with Gasteiger partial charge >= 0.3 is 0 Å². The van der Waals surface area contributed by atoms with E-state index in [1.165, 1.54) is 11.1 Å². The fourth-order valence-electron chi connectivity index (χ4n) is 2.93. The Kier molecular flexibility index (Phi) is 4.52. The van der Waals surface area contributed by atoms with Crippen LogP contribution in [0.15, 0.2) is 48.5 Å². The van der Waals surface area contributed by atoms with Crippen molar-refractivity contribution in [1.82, 2.24) is 0 Å². The number of carbonyl (C=O) groups is 2. The monoisotopic (exact) mass is 304 g/mol. The van der Waals surface area contributed by atoms with Gasteiger partial charge in [-0.25, -0.2) is 0 Å². The second kappa shape index (κ2) is 6.74. The van der Waals surface area contributed by atoms with Crippen LogP contribution in [0.5, 0.6) is 0 Å². The van der Waals surface area contributed by atoms with E-state index in [1.54, 1.807) is 6.92 Å². The molecule has 2 heteroatoms. The number of ketones is 2. The molecule has 3 rings (SSSR count). The third-order valence-corrected chi connectivity index (χ3v) is 4.33. The molecule has 0 radical (unpaired) electrons. The summed E-state index contributed by atoms with van der Waals surface area (Å²) in [4.78, 5) is 23.0. The van der Waals surface area contributed by atoms with Gasteiger partial charge in [0.05, 0.1) is 0 Å². The van der Waals surface area contributed by atoms with Gasteiger partial charge in [0.25, 0.3) is 0 Å². The van der Waals surface area contributed by atoms with Gasteiger partial charge in [-0.1, -0.05) is 48.6 Å². The second-order valence-corrected chi connectivity index (χ2v) is 6.03. The van der Waals surface area contributed by atoms with Gasteiger partial charge in [-0.2, -0.15) is 0 Å². The van der Waals surface area contributed by atoms with Gasteiger partial charge in [0.2, 0.25) is 0 Å². The summed E-state index contributed by atoms with van der Waals surface area (Å²) in [5, 5.41) is 0. The Hall–Kier alpha value is -2.48. The summed E-state index contributed by atoms with van der Waals surface area (Å²) in [5.41, 5.74) is 5.14. The zero-order valence-corrected chi connectivity index (χ0v) is 13.3. The highest BCUT2D eigenvalue weighted by Crippen LogP contribution is 2.23. The Labute approximate surface area is 136 Å². The second-order valence-electron chi connectivity index (χ2n) is 6.03. The van der Waals surface area contributed by atoms with E-state index in [0.29, 0.717) is 6.42 Å². The lowest BCUT2D eigenvalue weighted by Gasteiger charge is -2.01. The highest BCUT2D eigenvalue weighted by Gasteiger charge is 2.18. The molecule has 0 atom stereocenters. The van der Waals surface area contributed by atoms with Crippen LogP contribution in [-0.4, -0.2) is 11.6 Å². The van der Waals surface area contributed by atoms with Crippen LogP contribution in [0.25, 0.3) is 6.08 Å². The number of rotatable bonds is 5. The zero-order valence-electron chi connectivity index (χ0n) is 13.3. The van der Waals surface area contributed by atoms with E-state index in [-0.39, 0.29) is 11.6 Å². The van der Waals surface area contributed by atoms with Crippen molar-refractivity contribution in [2.24, 2.45) is 0 Å². The molecule has 23 heavy (non-hydrogen) atoms. The van der Waals surface area contributed by atoms with Gasteiger partial charge in [0, 0.05) is 17.5 Å². The van der Waals surface area contributed by atoms with E-state index in [4.69, 9.17) is 0 Å². The molecule has 0 bridgehead atoms. The average molecular weight is 304 g/mol. The van der Waals surface area contributed by atoms with Gasteiger partial charge in [-0.15, -0.1) is 0 Å². The van der Waals surface area contributed by atoms with Gasteiger partial charge < -0.3 is 0 Å². The van der Waals surface area contributed by atoms with E-state index in [0.717, 1.165) is 36.0 Å². The SMILES string of the molecule is CC(=O)c1ccc(CCC=Cc2ccc3c(c2)C(=O)CC3)cc1. The van der Waals surface area contributed by atoms with Crippen LogP contribution in [-0.2, 0) is 12.8 Å². The van der Waals surface area contributed by atoms with Crippen molar-refractivity contribution in [3.8, 4) is 0 Å². The Bertz CT molecular complexity index is 767. The average Bonchev–Trinajstić information content (AvgIpc) is 2.93. The molecule has 0 heterocycles. The number of hydrogen-bond donors (Lipinski definition) is 0. The number of fused-ring (bicyclic) bond motifs is 1. The normalized spacial score (nSPS) is 13.5. The number of carbonyl (C=O) groups excluding carboxylic acids is 2. The van der Waals surface area contributed by atoms with Crippen LogP contribution in [0.2, 0.25) is 0 Å². The Morgan fingerprint density at radius 1 is 1.09 bits per heavy atom. The first-order valence-electron chi connectivity index (χ1n) is 8.06. The molecule has 0 saturated heterocycles. The summed E-state index contributed by atoms with van der Waals surface area (Å²) < 4.78 is 0. The summed E-state index contributed by atoms with van der Waals surface area (Å²) in [6, 6.07) is 13.9. The standard InChI is InChI=1S/C21H20O2/c1-15(22)18-9-6-16(7-10-18)4-2-3-5-17-8-11-19-12-13-21(23)20(19)14-17/h3,5-11,14H,2,4,12-13H2,1H3. The van der Waals surface area contributed by atoms with Crippen LogP contribution in [0.4, 0.5) is 0 Å². The maximum Gasteiger partial charge on any atom is 0.163 e. The summed E-state index contributed by atoms with van der Waals surface area (Å²) in [6.07, 6.45) is 7.63. The Balaban J connectivity index is 1.58. The summed E-state index contributed by atoms with van der Waals surface area (Å²) >= 11 is 0. The summed E-state index contributed by atoms with van der Waals surface area (Å²) in [5.74, 6) is 0.364. The molecule has 1 aliphatic rings. The van der Waals surface area contributed by atoms with E-state index in [1.807, 2.05) is 30.3 Å². The molecule has 1 aliphatic carbocycles. The first kappa shape index (κ1) is 15.4. The minimum Gasteiger partial charge on any atom is -0.295 e. The predicted molar refractivity (Wildman–Crippen MR) is 92.9 cm³/mol. The van der Waals surface area contributed by atoms with Crippen LogP contribution in [0, 0.1) is 0 Å². The lowest BCUT2D eigenvalue weighted by atomic mass is 10.0. The molecule has 0 aliphatic heterocycles. The minimum atomic E-state index is 0.0996. The Morgan fingerprint density at radius 2 is 1.87 bits per heavy atom. The topological polar surface area (TPSA) is 34.1 Å². The summed E-state index contributed by atoms with van der Waals surface area (Å²) in [6.45, 7) is 1.58. The van der Waals surface area contributed by atoms with Gasteiger partial charge in [0.1, 0.15) is 0 Å². The zero-order chi connectivity index (χ0) is 16.2. The lowest BCUT2D eigenvalue weighted by molar-refractivity contribution is 0.0991. The third-order valence-electron chi connectivity index (χ3n) is 4.33. The molecule has 2 aromatic rings. The smallest absolute Gasteiger partial charge is 0.163 e. The number of hydrogen-bond acceptors (Lipinski definition) is 2. The first-order valence-corrected chi connectivity index (χ1v) is 8.06. The highest BCUT2D eigenvalue weighted by molar-refractivity contribution is 6.00. The van der Waals surface area contributed by atoms with Crippen molar-refractivity contribution >= 4 is 17.6 Å². The summed E-state index contributed by atoms with van der Waals surface area (Å²) in [7, 11) is 0. The van der Waals surface area contributed by atoms with Crippen molar-refractivity contribution in [2.75, 3.05) is 0 Å². The molecule has 2 nitrogen and oxygen atoms in total. The highest BCUT2D eigenvalue weighted by atomic mass is 16.1. The Morgan fingerprint density at radius 3 is 2.61 bits per heavy atom. The number of allylic oxidation sites excluding steroid dienone is 1. The van der Waals surface area contributed by atoms with Crippen molar-refractivity contribution in [1.29, 1.82) is 0 Å². The lowest BCUT2D eigenvalue weighted by Crippen LogP contribution is -1.92. The quantitative estimate of drug-likeness (QED) is 0.753. The molecule has 0 aromatic heterocycles. The van der Waals surface area contributed by atoms with E-state index in [2.05, 4.69) is 24.3 Å². The van der Waals surface area contributed by atoms with Crippen molar-refractivity contribution in [3.63, 3.8) is 0 Å². The number of Topliss-reactive ketones (excluding diaryl/α,β-unsaturated/α-hetero) is 2. The van der Waals surface area contributed by atoms with E-state index >= 15 is 0 Å². The predicted octanol–water partition coefficient (Wildman–Crippen LogP) is 4.66. The molecular formula is C21H20O2. The molecule has 0 amide bonds. The third kappa shape index (κ3) is 3.65. The molecular weight excluding hydrogens is 284 g/mol. The van der Waals surface area contributed by atoms with Crippen LogP contribution in [0.3, 0.4) is 0 Å². The van der Waals surface area contributed by atoms with Crippen molar-refractivity contribution in [3.05, 3.63) is 76.4 Å². The minimum absolute atomic E-state index is 0.0996. The maximum atomic E-state index is 11.8.